The largest absolute Gasteiger partial charge is 0.411 e. The summed E-state index contributed by atoms with van der Waals surface area (Å²) in [5, 5.41) is 0.276. The third-order valence-corrected chi connectivity index (χ3v) is 10.7. The van der Waals surface area contributed by atoms with Crippen molar-refractivity contribution in [1.29, 1.82) is 0 Å². The first-order valence-corrected chi connectivity index (χ1v) is 14.9. The summed E-state index contributed by atoms with van der Waals surface area (Å²) in [6, 6.07) is 0. The molecule has 0 amide bonds. The third-order valence-electron chi connectivity index (χ3n) is 4.11. The van der Waals surface area contributed by atoms with Gasteiger partial charge >= 0.3 is 0 Å². The molecular weight excluding hydrogens is 395 g/mol. The Morgan fingerprint density at radius 2 is 1.60 bits per heavy atom. The zero-order valence-corrected chi connectivity index (χ0v) is 18.5. The van der Waals surface area contributed by atoms with Crippen molar-refractivity contribution in [3.8, 4) is 0 Å². The van der Waals surface area contributed by atoms with Gasteiger partial charge < -0.3 is 8.85 Å². The lowest BCUT2D eigenvalue weighted by atomic mass is 10.0. The average Bonchev–Trinajstić information content (AvgIpc) is 2.18. The molecule has 20 heavy (non-hydrogen) atoms. The topological polar surface area (TPSA) is 18.5 Å². The van der Waals surface area contributed by atoms with Gasteiger partial charge in [-0.05, 0) is 79.3 Å². The van der Waals surface area contributed by atoms with E-state index in [1.54, 1.807) is 0 Å². The van der Waals surface area contributed by atoms with Crippen LogP contribution in [0.3, 0.4) is 0 Å². The van der Waals surface area contributed by atoms with Gasteiger partial charge in [-0.1, -0.05) is 20.8 Å². The molecule has 0 bridgehead atoms. The first-order chi connectivity index (χ1) is 8.82. The molecule has 1 aliphatic carbocycles. The Hall–Kier alpha value is 0.824. The summed E-state index contributed by atoms with van der Waals surface area (Å²) in [5.41, 5.74) is 0. The van der Waals surface area contributed by atoms with Crippen LogP contribution in [0.25, 0.3) is 0 Å². The van der Waals surface area contributed by atoms with Crippen LogP contribution in [-0.4, -0.2) is 28.8 Å². The molecule has 0 spiro atoms. The highest BCUT2D eigenvalue weighted by molar-refractivity contribution is 14.1. The van der Waals surface area contributed by atoms with E-state index in [1.807, 2.05) is 0 Å². The highest BCUT2D eigenvalue weighted by Gasteiger charge is 2.39. The highest BCUT2D eigenvalue weighted by Crippen LogP contribution is 2.39. The van der Waals surface area contributed by atoms with Gasteiger partial charge in [0.05, 0.1) is 12.2 Å². The van der Waals surface area contributed by atoms with Crippen LogP contribution in [0.15, 0.2) is 9.66 Å². The molecule has 1 aliphatic rings. The number of halogens is 1. The molecule has 0 aromatic heterocycles. The fraction of sp³-hybridized carbons (Fsp3) is 0.867. The van der Waals surface area contributed by atoms with Crippen LogP contribution in [-0.2, 0) is 8.85 Å². The Bertz CT molecular complexity index is 367. The first-order valence-electron chi connectivity index (χ1n) is 7.55. The molecular formula is C15H31IO2Si2. The van der Waals surface area contributed by atoms with Crippen molar-refractivity contribution in [1.82, 2.24) is 0 Å². The Balaban J connectivity index is 2.71. The normalized spacial score (nSPS) is 25.6. The van der Waals surface area contributed by atoms with E-state index in [-0.39, 0.29) is 11.1 Å². The molecule has 1 rings (SSSR count). The fourth-order valence-corrected chi connectivity index (χ4v) is 5.49. The van der Waals surface area contributed by atoms with Gasteiger partial charge in [0.25, 0.3) is 0 Å². The molecule has 0 fully saturated rings. The van der Waals surface area contributed by atoms with Crippen LogP contribution in [0.2, 0.25) is 37.8 Å². The van der Waals surface area contributed by atoms with E-state index in [4.69, 9.17) is 8.85 Å². The SMILES string of the molecule is CC(C)(C)[Si](C)(C)OC1C=C(I)C(O[Si](C)(C)C)CC1. The molecule has 2 nitrogen and oxygen atoms in total. The van der Waals surface area contributed by atoms with Crippen molar-refractivity contribution in [2.45, 2.75) is 83.6 Å². The Kier molecular flexibility index (Phi) is 6.15. The van der Waals surface area contributed by atoms with Crippen molar-refractivity contribution < 1.29 is 8.85 Å². The van der Waals surface area contributed by atoms with Gasteiger partial charge in [-0.15, -0.1) is 0 Å². The minimum atomic E-state index is -1.67. The summed E-state index contributed by atoms with van der Waals surface area (Å²) in [5.74, 6) is 0. The van der Waals surface area contributed by atoms with Gasteiger partial charge in [0.15, 0.2) is 16.6 Å². The van der Waals surface area contributed by atoms with E-state index in [9.17, 15) is 0 Å². The van der Waals surface area contributed by atoms with Crippen molar-refractivity contribution >= 4 is 39.2 Å². The van der Waals surface area contributed by atoms with Gasteiger partial charge in [-0.2, -0.15) is 0 Å². The van der Waals surface area contributed by atoms with Crippen molar-refractivity contribution in [2.24, 2.45) is 0 Å². The smallest absolute Gasteiger partial charge is 0.192 e. The van der Waals surface area contributed by atoms with E-state index in [1.165, 1.54) is 3.58 Å². The predicted molar refractivity (Wildman–Crippen MR) is 102 cm³/mol. The van der Waals surface area contributed by atoms with Gasteiger partial charge in [0.2, 0.25) is 0 Å². The van der Waals surface area contributed by atoms with Crippen LogP contribution < -0.4 is 0 Å². The fourth-order valence-electron chi connectivity index (χ4n) is 2.01. The molecule has 0 saturated carbocycles. The average molecular weight is 426 g/mol. The van der Waals surface area contributed by atoms with E-state index >= 15 is 0 Å². The van der Waals surface area contributed by atoms with Crippen molar-refractivity contribution in [3.63, 3.8) is 0 Å². The van der Waals surface area contributed by atoms with Crippen LogP contribution >= 0.6 is 22.6 Å². The molecule has 0 aromatic rings. The van der Waals surface area contributed by atoms with E-state index < -0.39 is 16.6 Å². The lowest BCUT2D eigenvalue weighted by molar-refractivity contribution is 0.157. The lowest BCUT2D eigenvalue weighted by Crippen LogP contribution is -2.44. The summed E-state index contributed by atoms with van der Waals surface area (Å²) >= 11 is 2.44. The quantitative estimate of drug-likeness (QED) is 0.424. The van der Waals surface area contributed by atoms with Crippen LogP contribution in [0.4, 0.5) is 0 Å². The summed E-state index contributed by atoms with van der Waals surface area (Å²) < 4.78 is 14.1. The zero-order valence-electron chi connectivity index (χ0n) is 14.3. The molecule has 0 radical (unpaired) electrons. The van der Waals surface area contributed by atoms with E-state index in [2.05, 4.69) is 82.2 Å². The molecule has 0 aliphatic heterocycles. The number of hydrogen-bond donors (Lipinski definition) is 0. The van der Waals surface area contributed by atoms with Crippen LogP contribution in [0.5, 0.6) is 0 Å². The maximum Gasteiger partial charge on any atom is 0.192 e. The van der Waals surface area contributed by atoms with Gasteiger partial charge in [-0.3, -0.25) is 0 Å². The van der Waals surface area contributed by atoms with E-state index in [0.29, 0.717) is 6.10 Å². The second-order valence-corrected chi connectivity index (χ2v) is 18.7. The molecule has 0 aromatic carbocycles. The summed E-state index contributed by atoms with van der Waals surface area (Å²) in [7, 11) is -3.13. The standard InChI is InChI=1S/C15H31IO2Si2/c1-15(2,3)20(7,8)17-12-9-10-14(13(16)11-12)18-19(4,5)6/h11-12,14H,9-10H2,1-8H3. The molecule has 0 saturated heterocycles. The molecule has 5 heteroatoms. The molecule has 2 unspecified atom stereocenters. The van der Waals surface area contributed by atoms with Crippen molar-refractivity contribution in [2.75, 3.05) is 0 Å². The number of hydrogen-bond acceptors (Lipinski definition) is 2. The third kappa shape index (κ3) is 5.55. The minimum absolute atomic E-state index is 0.276. The summed E-state index contributed by atoms with van der Waals surface area (Å²) in [6.45, 7) is 18.3. The Morgan fingerprint density at radius 1 is 1.05 bits per heavy atom. The van der Waals surface area contributed by atoms with E-state index in [0.717, 1.165) is 12.8 Å². The molecule has 118 valence electrons. The number of rotatable bonds is 4. The molecule has 0 heterocycles. The summed E-state index contributed by atoms with van der Waals surface area (Å²) in [4.78, 5) is 0. The Labute approximate surface area is 141 Å². The Morgan fingerprint density at radius 3 is 2.00 bits per heavy atom. The van der Waals surface area contributed by atoms with Gasteiger partial charge in [0.1, 0.15) is 0 Å². The summed E-state index contributed by atoms with van der Waals surface area (Å²) in [6.07, 6.45) is 5.08. The van der Waals surface area contributed by atoms with Crippen molar-refractivity contribution in [3.05, 3.63) is 9.66 Å². The van der Waals surface area contributed by atoms with Crippen LogP contribution in [0.1, 0.15) is 33.6 Å². The second-order valence-electron chi connectivity index (χ2n) is 8.26. The minimum Gasteiger partial charge on any atom is -0.411 e. The van der Waals surface area contributed by atoms with Gasteiger partial charge in [0, 0.05) is 3.58 Å². The van der Waals surface area contributed by atoms with Crippen LogP contribution in [0, 0.1) is 0 Å². The maximum absolute atomic E-state index is 6.51. The first kappa shape index (κ1) is 18.9. The molecule has 0 N–H and O–H groups in total. The predicted octanol–water partition coefficient (Wildman–Crippen LogP) is 5.71. The highest BCUT2D eigenvalue weighted by atomic mass is 127. The lowest BCUT2D eigenvalue weighted by Gasteiger charge is -2.40. The monoisotopic (exact) mass is 426 g/mol. The maximum atomic E-state index is 6.51. The second kappa shape index (κ2) is 6.52. The van der Waals surface area contributed by atoms with Gasteiger partial charge in [-0.25, -0.2) is 0 Å². The zero-order chi connectivity index (χ0) is 15.8. The molecule has 2 atom stereocenters.